The van der Waals surface area contributed by atoms with E-state index in [0.29, 0.717) is 0 Å². The molecule has 1 rings (SSSR count). The van der Waals surface area contributed by atoms with Gasteiger partial charge in [0, 0.05) is 0 Å². The summed E-state index contributed by atoms with van der Waals surface area (Å²) in [5.41, 5.74) is 7.76. The average Bonchev–Trinajstić information content (AvgIpc) is 2.17. The van der Waals surface area contributed by atoms with E-state index in [9.17, 15) is 4.79 Å². The summed E-state index contributed by atoms with van der Waals surface area (Å²) in [5, 5.41) is 3.63. The van der Waals surface area contributed by atoms with E-state index >= 15 is 0 Å². The second kappa shape index (κ2) is 5.35. The van der Waals surface area contributed by atoms with Crippen LogP contribution in [-0.4, -0.2) is 19.4 Å². The molecule has 0 fully saturated rings. The normalized spacial score (nSPS) is 10.3. The minimum absolute atomic E-state index is 0.696. The number of urea groups is 1. The van der Waals surface area contributed by atoms with Crippen molar-refractivity contribution in [3.05, 3.63) is 28.2 Å². The van der Waals surface area contributed by atoms with E-state index in [0.717, 1.165) is 15.8 Å². The topological polar surface area (TPSA) is 76.7 Å². The summed E-state index contributed by atoms with van der Waals surface area (Å²) < 4.78 is 5.87. The lowest BCUT2D eigenvalue weighted by atomic mass is 10.2. The molecule has 80 valence electrons. The van der Waals surface area contributed by atoms with E-state index in [1.165, 1.54) is 6.21 Å². The van der Waals surface area contributed by atoms with Gasteiger partial charge in [0.15, 0.2) is 0 Å². The van der Waals surface area contributed by atoms with Crippen molar-refractivity contribution >= 4 is 28.2 Å². The van der Waals surface area contributed by atoms with Gasteiger partial charge in [-0.3, -0.25) is 0 Å². The smallest absolute Gasteiger partial charge is 0.332 e. The molecule has 0 saturated heterocycles. The van der Waals surface area contributed by atoms with Crippen LogP contribution >= 0.6 is 15.9 Å². The van der Waals surface area contributed by atoms with Crippen molar-refractivity contribution in [2.45, 2.75) is 0 Å². The minimum Gasteiger partial charge on any atom is -0.496 e. The molecule has 0 aliphatic heterocycles. The number of methoxy groups -OCH3 is 1. The van der Waals surface area contributed by atoms with E-state index < -0.39 is 6.03 Å². The highest BCUT2D eigenvalue weighted by Gasteiger charge is 1.99. The molecular weight excluding hydrogens is 262 g/mol. The number of ether oxygens (including phenoxy) is 1. The maximum absolute atomic E-state index is 10.3. The molecule has 15 heavy (non-hydrogen) atoms. The number of rotatable bonds is 3. The Hall–Kier alpha value is -1.56. The number of nitrogens with two attached hydrogens (primary N) is 1. The van der Waals surface area contributed by atoms with Crippen molar-refractivity contribution in [3.8, 4) is 5.75 Å². The number of nitrogens with one attached hydrogen (secondary N) is 1. The fourth-order valence-corrected chi connectivity index (χ4v) is 1.49. The number of hydrogen-bond donors (Lipinski definition) is 2. The summed E-state index contributed by atoms with van der Waals surface area (Å²) >= 11 is 3.33. The number of benzene rings is 1. The van der Waals surface area contributed by atoms with Gasteiger partial charge in [-0.15, -0.1) is 0 Å². The Kier molecular flexibility index (Phi) is 4.11. The molecule has 3 N–H and O–H groups in total. The van der Waals surface area contributed by atoms with Gasteiger partial charge in [-0.2, -0.15) is 5.10 Å². The number of carbonyl (C=O) groups is 1. The lowest BCUT2D eigenvalue weighted by Gasteiger charge is -2.02. The third kappa shape index (κ3) is 3.59. The lowest BCUT2D eigenvalue weighted by Crippen LogP contribution is -2.24. The van der Waals surface area contributed by atoms with Crippen molar-refractivity contribution in [3.63, 3.8) is 0 Å². The standard InChI is InChI=1S/C9H10BrN3O2/c1-15-8-3-2-6(4-7(8)10)5-12-13-9(11)14/h2-5H,1H3,(H3,11,13,14). The summed E-state index contributed by atoms with van der Waals surface area (Å²) in [6.45, 7) is 0. The first kappa shape index (κ1) is 11.5. The van der Waals surface area contributed by atoms with E-state index in [1.807, 2.05) is 6.07 Å². The highest BCUT2D eigenvalue weighted by Crippen LogP contribution is 2.24. The SMILES string of the molecule is COc1ccc(C=NNC(N)=O)cc1Br. The van der Waals surface area contributed by atoms with Gasteiger partial charge in [-0.25, -0.2) is 10.2 Å². The fourth-order valence-electron chi connectivity index (χ4n) is 0.933. The summed E-state index contributed by atoms with van der Waals surface area (Å²) in [6.07, 6.45) is 1.48. The van der Waals surface area contributed by atoms with Gasteiger partial charge in [0.2, 0.25) is 0 Å². The predicted molar refractivity (Wildman–Crippen MR) is 61.0 cm³/mol. The summed E-state index contributed by atoms with van der Waals surface area (Å²) in [4.78, 5) is 10.3. The number of nitrogens with zero attached hydrogens (tertiary/aromatic N) is 1. The number of hydrogen-bond acceptors (Lipinski definition) is 3. The molecule has 6 heteroatoms. The van der Waals surface area contributed by atoms with E-state index in [4.69, 9.17) is 10.5 Å². The van der Waals surface area contributed by atoms with Crippen molar-refractivity contribution < 1.29 is 9.53 Å². The first-order chi connectivity index (χ1) is 7.13. The second-order valence-electron chi connectivity index (χ2n) is 2.63. The molecule has 0 spiro atoms. The van der Waals surface area contributed by atoms with Crippen LogP contribution in [-0.2, 0) is 0 Å². The minimum atomic E-state index is -0.696. The molecule has 0 aliphatic carbocycles. The van der Waals surface area contributed by atoms with Gasteiger partial charge in [0.25, 0.3) is 0 Å². The maximum atomic E-state index is 10.3. The van der Waals surface area contributed by atoms with Gasteiger partial charge in [0.05, 0.1) is 17.8 Å². The molecule has 0 saturated carbocycles. The van der Waals surface area contributed by atoms with Crippen LogP contribution in [0.2, 0.25) is 0 Å². The summed E-state index contributed by atoms with van der Waals surface area (Å²) in [5.74, 6) is 0.731. The zero-order valence-corrected chi connectivity index (χ0v) is 9.61. The number of primary amides is 1. The molecule has 5 nitrogen and oxygen atoms in total. The van der Waals surface area contributed by atoms with Crippen LogP contribution < -0.4 is 15.9 Å². The number of hydrazone groups is 1. The first-order valence-corrected chi connectivity index (χ1v) is 4.85. The van der Waals surface area contributed by atoms with Crippen molar-refractivity contribution in [2.24, 2.45) is 10.8 Å². The average molecular weight is 272 g/mol. The van der Waals surface area contributed by atoms with Crippen LogP contribution in [0.25, 0.3) is 0 Å². The van der Waals surface area contributed by atoms with Crippen LogP contribution in [0, 0.1) is 0 Å². The lowest BCUT2D eigenvalue weighted by molar-refractivity contribution is 0.249. The zero-order chi connectivity index (χ0) is 11.3. The molecule has 0 heterocycles. The predicted octanol–water partition coefficient (Wildman–Crippen LogP) is 1.46. The number of carbonyl (C=O) groups excluding carboxylic acids is 1. The van der Waals surface area contributed by atoms with Crippen LogP contribution in [0.5, 0.6) is 5.75 Å². The third-order valence-electron chi connectivity index (χ3n) is 1.56. The van der Waals surface area contributed by atoms with Gasteiger partial charge in [0.1, 0.15) is 5.75 Å². The van der Waals surface area contributed by atoms with E-state index in [-0.39, 0.29) is 0 Å². The Bertz CT molecular complexity index is 393. The Labute approximate surface area is 95.4 Å². The number of halogens is 1. The third-order valence-corrected chi connectivity index (χ3v) is 2.18. The Morgan fingerprint density at radius 2 is 2.40 bits per heavy atom. The van der Waals surface area contributed by atoms with Crippen molar-refractivity contribution in [1.29, 1.82) is 0 Å². The zero-order valence-electron chi connectivity index (χ0n) is 8.03. The van der Waals surface area contributed by atoms with Gasteiger partial charge in [-0.1, -0.05) is 0 Å². The van der Waals surface area contributed by atoms with Crippen LogP contribution in [0.3, 0.4) is 0 Å². The molecule has 0 atom stereocenters. The molecule has 1 aromatic rings. The van der Waals surface area contributed by atoms with Crippen LogP contribution in [0.1, 0.15) is 5.56 Å². The highest BCUT2D eigenvalue weighted by molar-refractivity contribution is 9.10. The monoisotopic (exact) mass is 271 g/mol. The van der Waals surface area contributed by atoms with Crippen molar-refractivity contribution in [1.82, 2.24) is 5.43 Å². The number of amides is 2. The van der Waals surface area contributed by atoms with Gasteiger partial charge in [-0.05, 0) is 39.7 Å². The maximum Gasteiger partial charge on any atom is 0.332 e. The Morgan fingerprint density at radius 3 is 2.93 bits per heavy atom. The first-order valence-electron chi connectivity index (χ1n) is 4.05. The largest absolute Gasteiger partial charge is 0.496 e. The summed E-state index contributed by atoms with van der Waals surface area (Å²) in [7, 11) is 1.59. The molecular formula is C9H10BrN3O2. The molecule has 1 aromatic carbocycles. The molecule has 0 radical (unpaired) electrons. The molecule has 0 aliphatic rings. The van der Waals surface area contributed by atoms with Crippen LogP contribution in [0.4, 0.5) is 4.79 Å². The molecule has 0 aromatic heterocycles. The summed E-state index contributed by atoms with van der Waals surface area (Å²) in [6, 6.07) is 4.70. The fraction of sp³-hybridized carbons (Fsp3) is 0.111. The Balaban J connectivity index is 2.75. The van der Waals surface area contributed by atoms with E-state index in [1.54, 1.807) is 19.2 Å². The highest BCUT2D eigenvalue weighted by atomic mass is 79.9. The van der Waals surface area contributed by atoms with Crippen LogP contribution in [0.15, 0.2) is 27.8 Å². The Morgan fingerprint density at radius 1 is 1.67 bits per heavy atom. The molecule has 0 unspecified atom stereocenters. The van der Waals surface area contributed by atoms with Crippen molar-refractivity contribution in [2.75, 3.05) is 7.11 Å². The van der Waals surface area contributed by atoms with E-state index in [2.05, 4.69) is 26.5 Å². The molecule has 2 amide bonds. The molecule has 0 bridgehead atoms. The van der Waals surface area contributed by atoms with Gasteiger partial charge >= 0.3 is 6.03 Å². The quantitative estimate of drug-likeness (QED) is 0.645. The van der Waals surface area contributed by atoms with Gasteiger partial charge < -0.3 is 10.5 Å². The second-order valence-corrected chi connectivity index (χ2v) is 3.48.